The lowest BCUT2D eigenvalue weighted by Gasteiger charge is -2.30. The van der Waals surface area contributed by atoms with E-state index in [1.54, 1.807) is 54.5 Å². The molecule has 142 valence electrons. The molecule has 0 spiro atoms. The smallest absolute Gasteiger partial charge is 0.246 e. The number of benzene rings is 2. The molecule has 0 aromatic heterocycles. The Morgan fingerprint density at radius 3 is 2.43 bits per heavy atom. The third-order valence-corrected chi connectivity index (χ3v) is 5.04. The second kappa shape index (κ2) is 9.01. The van der Waals surface area contributed by atoms with Crippen LogP contribution in [0.3, 0.4) is 0 Å². The number of rotatable bonds is 5. The quantitative estimate of drug-likeness (QED) is 0.591. The van der Waals surface area contributed by atoms with E-state index < -0.39 is 0 Å². The van der Waals surface area contributed by atoms with Gasteiger partial charge in [0.05, 0.1) is 18.7 Å². The second-order valence-electron chi connectivity index (χ2n) is 6.72. The highest BCUT2D eigenvalue weighted by Crippen LogP contribution is 2.23. The summed E-state index contributed by atoms with van der Waals surface area (Å²) in [6.45, 7) is 1.10. The Bertz CT molecular complexity index is 918. The van der Waals surface area contributed by atoms with Gasteiger partial charge >= 0.3 is 0 Å². The molecule has 3 rings (SSSR count). The number of carbonyl (C=O) groups excluding carboxylic acids is 2. The first-order valence-electron chi connectivity index (χ1n) is 9.26. The molecule has 1 saturated heterocycles. The predicted molar refractivity (Wildman–Crippen MR) is 107 cm³/mol. The van der Waals surface area contributed by atoms with Crippen LogP contribution in [-0.2, 0) is 4.79 Å². The minimum atomic E-state index is -0.0944. The van der Waals surface area contributed by atoms with Gasteiger partial charge in [-0.2, -0.15) is 5.26 Å². The predicted octanol–water partition coefficient (Wildman–Crippen LogP) is 3.70. The van der Waals surface area contributed by atoms with Crippen molar-refractivity contribution in [2.75, 3.05) is 20.2 Å². The van der Waals surface area contributed by atoms with Crippen LogP contribution < -0.4 is 4.74 Å². The zero-order chi connectivity index (χ0) is 19.9. The summed E-state index contributed by atoms with van der Waals surface area (Å²) in [7, 11) is 1.59. The topological polar surface area (TPSA) is 70.4 Å². The molecule has 28 heavy (non-hydrogen) atoms. The Labute approximate surface area is 164 Å². The average Bonchev–Trinajstić information content (AvgIpc) is 2.77. The van der Waals surface area contributed by atoms with Gasteiger partial charge in [0.2, 0.25) is 5.91 Å². The highest BCUT2D eigenvalue weighted by molar-refractivity contribution is 5.98. The fraction of sp³-hybridized carbons (Fsp3) is 0.261. The van der Waals surface area contributed by atoms with E-state index in [0.717, 1.165) is 11.3 Å². The van der Waals surface area contributed by atoms with Gasteiger partial charge in [-0.15, -0.1) is 0 Å². The monoisotopic (exact) mass is 374 g/mol. The average molecular weight is 374 g/mol. The molecule has 1 aliphatic rings. The van der Waals surface area contributed by atoms with Gasteiger partial charge in [-0.1, -0.05) is 18.2 Å². The Morgan fingerprint density at radius 1 is 1.11 bits per heavy atom. The van der Waals surface area contributed by atoms with E-state index in [1.165, 1.54) is 6.08 Å². The van der Waals surface area contributed by atoms with Gasteiger partial charge in [-0.3, -0.25) is 9.59 Å². The largest absolute Gasteiger partial charge is 0.497 e. The minimum Gasteiger partial charge on any atom is -0.497 e. The van der Waals surface area contributed by atoms with Gasteiger partial charge < -0.3 is 9.64 Å². The highest BCUT2D eigenvalue weighted by Gasteiger charge is 2.27. The van der Waals surface area contributed by atoms with Crippen LogP contribution in [0, 0.1) is 17.2 Å². The van der Waals surface area contributed by atoms with Crippen LogP contribution in [0.4, 0.5) is 0 Å². The van der Waals surface area contributed by atoms with Crippen LogP contribution >= 0.6 is 0 Å². The van der Waals surface area contributed by atoms with Crippen LogP contribution in [-0.4, -0.2) is 36.8 Å². The first-order valence-corrected chi connectivity index (χ1v) is 9.26. The molecule has 5 heteroatoms. The lowest BCUT2D eigenvalue weighted by molar-refractivity contribution is -0.127. The Hall–Kier alpha value is -3.39. The summed E-state index contributed by atoms with van der Waals surface area (Å²) < 4.78 is 5.12. The van der Waals surface area contributed by atoms with Gasteiger partial charge in [0.25, 0.3) is 0 Å². The SMILES string of the molecule is COc1ccc(C(=O)C2CCN(C(=O)/C=C/c3ccccc3C#N)CC2)cc1. The number of ether oxygens (including phenoxy) is 1. The summed E-state index contributed by atoms with van der Waals surface area (Å²) >= 11 is 0. The second-order valence-corrected chi connectivity index (χ2v) is 6.72. The zero-order valence-electron chi connectivity index (χ0n) is 15.8. The summed E-state index contributed by atoms with van der Waals surface area (Å²) in [6.07, 6.45) is 4.48. The van der Waals surface area contributed by atoms with Gasteiger partial charge in [0.15, 0.2) is 5.78 Å². The molecule has 5 nitrogen and oxygen atoms in total. The minimum absolute atomic E-state index is 0.0688. The molecular formula is C23H22N2O3. The van der Waals surface area contributed by atoms with Gasteiger partial charge in [0, 0.05) is 30.6 Å². The lowest BCUT2D eigenvalue weighted by atomic mass is 9.89. The van der Waals surface area contributed by atoms with E-state index in [4.69, 9.17) is 10.00 Å². The first kappa shape index (κ1) is 19.4. The fourth-order valence-corrected chi connectivity index (χ4v) is 3.36. The molecule has 0 N–H and O–H groups in total. The first-order chi connectivity index (χ1) is 13.6. The fourth-order valence-electron chi connectivity index (χ4n) is 3.36. The van der Waals surface area contributed by atoms with Crippen LogP contribution in [0.5, 0.6) is 5.75 Å². The number of hydrogen-bond acceptors (Lipinski definition) is 4. The van der Waals surface area contributed by atoms with Crippen molar-refractivity contribution in [3.05, 3.63) is 71.3 Å². The van der Waals surface area contributed by atoms with E-state index in [-0.39, 0.29) is 17.6 Å². The number of amides is 1. The number of nitriles is 1. The maximum Gasteiger partial charge on any atom is 0.246 e. The molecular weight excluding hydrogens is 352 g/mol. The van der Waals surface area contributed by atoms with Crippen molar-refractivity contribution >= 4 is 17.8 Å². The van der Waals surface area contributed by atoms with Crippen LogP contribution in [0.25, 0.3) is 6.08 Å². The van der Waals surface area contributed by atoms with Crippen LogP contribution in [0.2, 0.25) is 0 Å². The normalized spacial score (nSPS) is 14.6. The summed E-state index contributed by atoms with van der Waals surface area (Å²) in [5.74, 6) is 0.679. The van der Waals surface area contributed by atoms with Crippen molar-refractivity contribution in [2.24, 2.45) is 5.92 Å². The highest BCUT2D eigenvalue weighted by atomic mass is 16.5. The van der Waals surface area contributed by atoms with E-state index in [2.05, 4.69) is 6.07 Å². The standard InChI is InChI=1S/C23H22N2O3/c1-28-21-9-6-18(7-10-21)23(27)19-12-14-25(15-13-19)22(26)11-8-17-4-2-3-5-20(17)16-24/h2-11,19H,12-15H2,1H3/b11-8+. The number of ketones is 1. The molecule has 2 aromatic rings. The number of Topliss-reactive ketones (excluding diaryl/α,β-unsaturated/α-hetero) is 1. The Morgan fingerprint density at radius 2 is 1.79 bits per heavy atom. The van der Waals surface area contributed by atoms with Gasteiger partial charge in [-0.25, -0.2) is 0 Å². The Kier molecular flexibility index (Phi) is 6.23. The molecule has 1 fully saturated rings. The molecule has 0 aliphatic carbocycles. The van der Waals surface area contributed by atoms with Crippen molar-refractivity contribution in [1.29, 1.82) is 5.26 Å². The van der Waals surface area contributed by atoms with Crippen molar-refractivity contribution in [3.8, 4) is 11.8 Å². The molecule has 0 saturated carbocycles. The molecule has 0 bridgehead atoms. The van der Waals surface area contributed by atoms with Crippen molar-refractivity contribution in [1.82, 2.24) is 4.90 Å². The molecule has 0 atom stereocenters. The van der Waals surface area contributed by atoms with Gasteiger partial charge in [0.1, 0.15) is 5.75 Å². The van der Waals surface area contributed by atoms with E-state index in [9.17, 15) is 9.59 Å². The number of piperidine rings is 1. The maximum absolute atomic E-state index is 12.7. The van der Waals surface area contributed by atoms with Crippen molar-refractivity contribution < 1.29 is 14.3 Å². The Balaban J connectivity index is 1.57. The summed E-state index contributed by atoms with van der Waals surface area (Å²) in [6, 6.07) is 16.4. The third kappa shape index (κ3) is 4.47. The number of methoxy groups -OCH3 is 1. The number of nitrogens with zero attached hydrogens (tertiary/aromatic N) is 2. The van der Waals surface area contributed by atoms with Crippen LogP contribution in [0.1, 0.15) is 34.3 Å². The number of hydrogen-bond donors (Lipinski definition) is 0. The number of carbonyl (C=O) groups is 2. The summed E-state index contributed by atoms with van der Waals surface area (Å²) in [5, 5.41) is 9.12. The molecule has 1 aliphatic heterocycles. The molecule has 0 radical (unpaired) electrons. The van der Waals surface area contributed by atoms with Crippen molar-refractivity contribution in [2.45, 2.75) is 12.8 Å². The molecule has 1 amide bonds. The molecule has 2 aromatic carbocycles. The van der Waals surface area contributed by atoms with E-state index >= 15 is 0 Å². The summed E-state index contributed by atoms with van der Waals surface area (Å²) in [5.41, 5.74) is 1.94. The van der Waals surface area contributed by atoms with Crippen molar-refractivity contribution in [3.63, 3.8) is 0 Å². The van der Waals surface area contributed by atoms with E-state index in [0.29, 0.717) is 37.1 Å². The molecule has 0 unspecified atom stereocenters. The molecule has 1 heterocycles. The maximum atomic E-state index is 12.7. The third-order valence-electron chi connectivity index (χ3n) is 5.04. The lowest BCUT2D eigenvalue weighted by Crippen LogP contribution is -2.39. The van der Waals surface area contributed by atoms with E-state index in [1.807, 2.05) is 12.1 Å². The zero-order valence-corrected chi connectivity index (χ0v) is 15.8. The van der Waals surface area contributed by atoms with Gasteiger partial charge in [-0.05, 0) is 54.8 Å². The summed E-state index contributed by atoms with van der Waals surface area (Å²) in [4.78, 5) is 26.9. The number of likely N-dealkylation sites (tertiary alicyclic amines) is 1. The van der Waals surface area contributed by atoms with Crippen LogP contribution in [0.15, 0.2) is 54.6 Å².